The molecule has 0 aliphatic rings. The molecule has 3 aromatic rings. The molecule has 3 rings (SSSR count). The van der Waals surface area contributed by atoms with Crippen LogP contribution in [-0.2, 0) is 17.8 Å². The van der Waals surface area contributed by atoms with Gasteiger partial charge in [-0.25, -0.2) is 0 Å². The maximum atomic E-state index is 10.5. The first-order valence-electron chi connectivity index (χ1n) is 9.42. The van der Waals surface area contributed by atoms with E-state index in [0.717, 1.165) is 39.9 Å². The molecule has 0 heterocycles. The van der Waals surface area contributed by atoms with Crippen LogP contribution in [0.15, 0.2) is 60.7 Å². The summed E-state index contributed by atoms with van der Waals surface area (Å²) in [4.78, 5) is 10.5. The Morgan fingerprint density at radius 3 is 2.46 bits per heavy atom. The number of benzene rings is 3. The summed E-state index contributed by atoms with van der Waals surface area (Å²) < 4.78 is 5.90. The molecule has 0 saturated carbocycles. The molecule has 2 N–H and O–H groups in total. The summed E-state index contributed by atoms with van der Waals surface area (Å²) in [7, 11) is 0. The van der Waals surface area contributed by atoms with E-state index < -0.39 is 5.97 Å². The normalized spacial score (nSPS) is 10.9. The van der Waals surface area contributed by atoms with E-state index in [1.54, 1.807) is 0 Å². The lowest BCUT2D eigenvalue weighted by Crippen LogP contribution is -2.17. The number of halogens is 1. The van der Waals surface area contributed by atoms with Gasteiger partial charge >= 0.3 is 5.97 Å². The third kappa shape index (κ3) is 6.25. The summed E-state index contributed by atoms with van der Waals surface area (Å²) in [5, 5.41) is 14.8. The van der Waals surface area contributed by atoms with Crippen LogP contribution in [0.3, 0.4) is 0 Å². The van der Waals surface area contributed by atoms with Crippen molar-refractivity contribution in [2.45, 2.75) is 25.8 Å². The minimum atomic E-state index is -0.785. The average molecular weight is 398 g/mol. The monoisotopic (exact) mass is 397 g/mol. The first kappa shape index (κ1) is 20.2. The van der Waals surface area contributed by atoms with Crippen molar-refractivity contribution in [2.24, 2.45) is 0 Å². The van der Waals surface area contributed by atoms with E-state index in [1.807, 2.05) is 30.3 Å². The number of rotatable bonds is 10. The maximum Gasteiger partial charge on any atom is 0.304 e. The molecule has 28 heavy (non-hydrogen) atoms. The fraction of sp³-hybridized carbons (Fsp3) is 0.261. The van der Waals surface area contributed by atoms with E-state index in [-0.39, 0.29) is 6.42 Å². The molecule has 0 saturated heterocycles. The highest BCUT2D eigenvalue weighted by Crippen LogP contribution is 2.22. The van der Waals surface area contributed by atoms with E-state index in [0.29, 0.717) is 19.7 Å². The predicted octanol–water partition coefficient (Wildman–Crippen LogP) is 5.07. The van der Waals surface area contributed by atoms with E-state index in [1.165, 1.54) is 5.56 Å². The van der Waals surface area contributed by atoms with Crippen molar-refractivity contribution < 1.29 is 14.6 Å². The second-order valence-corrected chi connectivity index (χ2v) is 7.18. The maximum absolute atomic E-state index is 10.5. The Hall–Kier alpha value is -2.56. The summed E-state index contributed by atoms with van der Waals surface area (Å²) in [6, 6.07) is 20.3. The number of hydrogen-bond donors (Lipinski definition) is 2. The molecule has 0 aliphatic carbocycles. The van der Waals surface area contributed by atoms with Crippen LogP contribution < -0.4 is 10.1 Å². The number of fused-ring (bicyclic) bond motifs is 1. The van der Waals surface area contributed by atoms with Crippen molar-refractivity contribution in [3.05, 3.63) is 76.8 Å². The highest BCUT2D eigenvalue weighted by molar-refractivity contribution is 6.30. The van der Waals surface area contributed by atoms with Crippen LogP contribution in [0.5, 0.6) is 5.75 Å². The fourth-order valence-electron chi connectivity index (χ4n) is 3.02. The van der Waals surface area contributed by atoms with Crippen molar-refractivity contribution in [3.63, 3.8) is 0 Å². The van der Waals surface area contributed by atoms with Gasteiger partial charge in [0.2, 0.25) is 0 Å². The molecule has 0 spiro atoms. The molecule has 0 atom stereocenters. The van der Waals surface area contributed by atoms with Crippen molar-refractivity contribution in [3.8, 4) is 5.75 Å². The van der Waals surface area contributed by atoms with Gasteiger partial charge in [0.1, 0.15) is 5.75 Å². The number of aliphatic carboxylic acids is 1. The van der Waals surface area contributed by atoms with Crippen molar-refractivity contribution >= 4 is 28.3 Å². The number of carboxylic acid groups (broad SMARTS) is 1. The minimum absolute atomic E-state index is 0.131. The topological polar surface area (TPSA) is 58.6 Å². The Morgan fingerprint density at radius 2 is 1.68 bits per heavy atom. The first-order chi connectivity index (χ1) is 13.6. The lowest BCUT2D eigenvalue weighted by Gasteiger charge is -2.09. The molecule has 0 amide bonds. The zero-order valence-electron chi connectivity index (χ0n) is 15.7. The van der Waals surface area contributed by atoms with Crippen LogP contribution in [-0.4, -0.2) is 24.2 Å². The second-order valence-electron chi connectivity index (χ2n) is 6.74. The molecule has 0 aromatic heterocycles. The highest BCUT2D eigenvalue weighted by atomic mass is 35.5. The highest BCUT2D eigenvalue weighted by Gasteiger charge is 2.02. The SMILES string of the molecule is O=C(O)CCNCc1ccc2cc(OCCCc3ccc(Cl)cc3)ccc2c1. The predicted molar refractivity (Wildman–Crippen MR) is 113 cm³/mol. The molecule has 146 valence electrons. The van der Waals surface area contributed by atoms with Crippen molar-refractivity contribution in [1.29, 1.82) is 0 Å². The largest absolute Gasteiger partial charge is 0.494 e. The van der Waals surface area contributed by atoms with Gasteiger partial charge in [0.05, 0.1) is 13.0 Å². The Balaban J connectivity index is 1.48. The summed E-state index contributed by atoms with van der Waals surface area (Å²) in [5.41, 5.74) is 2.39. The van der Waals surface area contributed by atoms with Crippen molar-refractivity contribution in [1.82, 2.24) is 5.32 Å². The van der Waals surface area contributed by atoms with Gasteiger partial charge in [-0.1, -0.05) is 41.9 Å². The number of ether oxygens (including phenoxy) is 1. The van der Waals surface area contributed by atoms with Gasteiger partial charge in [0.25, 0.3) is 0 Å². The Kier molecular flexibility index (Phi) is 7.29. The van der Waals surface area contributed by atoms with E-state index in [4.69, 9.17) is 21.4 Å². The molecule has 0 radical (unpaired) electrons. The molecule has 0 aliphatic heterocycles. The summed E-state index contributed by atoms with van der Waals surface area (Å²) >= 11 is 5.90. The van der Waals surface area contributed by atoms with Gasteiger partial charge in [0.15, 0.2) is 0 Å². The number of aryl methyl sites for hydroxylation is 1. The molecular formula is C23H24ClNO3. The Bertz CT molecular complexity index is 925. The molecule has 0 bridgehead atoms. The molecule has 5 heteroatoms. The molecule has 0 fully saturated rings. The number of hydrogen-bond acceptors (Lipinski definition) is 3. The first-order valence-corrected chi connectivity index (χ1v) is 9.80. The van der Waals surface area contributed by atoms with Gasteiger partial charge in [-0.15, -0.1) is 0 Å². The summed E-state index contributed by atoms with van der Waals surface area (Å²) in [6.07, 6.45) is 2.04. The van der Waals surface area contributed by atoms with E-state index >= 15 is 0 Å². The summed E-state index contributed by atoms with van der Waals surface area (Å²) in [6.45, 7) is 1.79. The van der Waals surface area contributed by atoms with Crippen LogP contribution in [0.2, 0.25) is 5.02 Å². The van der Waals surface area contributed by atoms with Gasteiger partial charge in [-0.3, -0.25) is 4.79 Å². The molecule has 3 aromatic carbocycles. The van der Waals surface area contributed by atoms with Gasteiger partial charge in [-0.2, -0.15) is 0 Å². The fourth-order valence-corrected chi connectivity index (χ4v) is 3.14. The summed E-state index contributed by atoms with van der Waals surface area (Å²) in [5.74, 6) is 0.0858. The van der Waals surface area contributed by atoms with Crippen molar-refractivity contribution in [2.75, 3.05) is 13.2 Å². The third-order valence-electron chi connectivity index (χ3n) is 4.51. The quantitative estimate of drug-likeness (QED) is 0.469. The van der Waals surface area contributed by atoms with Crippen LogP contribution in [0.25, 0.3) is 10.8 Å². The van der Waals surface area contributed by atoms with Gasteiger partial charge < -0.3 is 15.2 Å². The minimum Gasteiger partial charge on any atom is -0.494 e. The lowest BCUT2D eigenvalue weighted by atomic mass is 10.1. The molecular weight excluding hydrogens is 374 g/mol. The lowest BCUT2D eigenvalue weighted by molar-refractivity contribution is -0.136. The van der Waals surface area contributed by atoms with Crippen LogP contribution in [0.4, 0.5) is 0 Å². The Labute approximate surface area is 170 Å². The van der Waals surface area contributed by atoms with Gasteiger partial charge in [0, 0.05) is 18.1 Å². The average Bonchev–Trinajstić information content (AvgIpc) is 2.69. The second kappa shape index (κ2) is 10.1. The molecule has 0 unspecified atom stereocenters. The van der Waals surface area contributed by atoms with E-state index in [2.05, 4.69) is 35.6 Å². The zero-order valence-corrected chi connectivity index (χ0v) is 16.4. The Morgan fingerprint density at radius 1 is 0.964 bits per heavy atom. The zero-order chi connectivity index (χ0) is 19.8. The van der Waals surface area contributed by atoms with Crippen LogP contribution >= 0.6 is 11.6 Å². The van der Waals surface area contributed by atoms with E-state index in [9.17, 15) is 4.79 Å². The van der Waals surface area contributed by atoms with Crippen LogP contribution in [0, 0.1) is 0 Å². The number of nitrogens with one attached hydrogen (secondary N) is 1. The smallest absolute Gasteiger partial charge is 0.304 e. The third-order valence-corrected chi connectivity index (χ3v) is 4.76. The van der Waals surface area contributed by atoms with Crippen LogP contribution in [0.1, 0.15) is 24.0 Å². The molecule has 4 nitrogen and oxygen atoms in total. The standard InChI is InChI=1S/C23H24ClNO3/c24-21-8-4-17(5-9-21)2-1-13-28-22-10-7-19-14-18(3-6-20(19)15-22)16-25-12-11-23(26)27/h3-10,14-15,25H,1-2,11-13,16H2,(H,26,27). The number of carboxylic acids is 1. The number of carbonyl (C=O) groups is 1. The van der Waals surface area contributed by atoms with Gasteiger partial charge in [-0.05, 0) is 65.1 Å².